The van der Waals surface area contributed by atoms with Gasteiger partial charge in [0.05, 0.1) is 0 Å². The molecule has 0 spiro atoms. The van der Waals surface area contributed by atoms with Crippen molar-refractivity contribution in [2.24, 2.45) is 0 Å². The van der Waals surface area contributed by atoms with Gasteiger partial charge in [-0.05, 0) is 33.9 Å². The molecular weight excluding hydrogens is 194 g/mol. The maximum absolute atomic E-state index is 11.3. The number of rotatable bonds is 7. The summed E-state index contributed by atoms with van der Waals surface area (Å²) in [5.41, 5.74) is 0. The second-order valence-electron chi connectivity index (χ2n) is 3.39. The zero-order valence-corrected chi connectivity index (χ0v) is 9.72. The summed E-state index contributed by atoms with van der Waals surface area (Å²) < 4.78 is 0. The molecule has 1 unspecified atom stereocenters. The van der Waals surface area contributed by atoms with Crippen molar-refractivity contribution in [1.29, 1.82) is 0 Å². The van der Waals surface area contributed by atoms with Crippen molar-refractivity contribution in [3.8, 4) is 0 Å². The fourth-order valence-corrected chi connectivity index (χ4v) is 1.13. The third kappa shape index (κ3) is 6.90. The highest BCUT2D eigenvalue weighted by molar-refractivity contribution is 5.87. The van der Waals surface area contributed by atoms with Crippen LogP contribution in [0.15, 0.2) is 0 Å². The third-order valence-electron chi connectivity index (χ3n) is 1.95. The number of hydrogen-bond donors (Lipinski definition) is 3. The summed E-state index contributed by atoms with van der Waals surface area (Å²) in [6.45, 7) is 4.92. The monoisotopic (exact) mass is 215 g/mol. The van der Waals surface area contributed by atoms with E-state index in [0.29, 0.717) is 13.0 Å². The van der Waals surface area contributed by atoms with Gasteiger partial charge in [0.15, 0.2) is 0 Å². The molecule has 0 aliphatic heterocycles. The van der Waals surface area contributed by atoms with Crippen LogP contribution >= 0.6 is 0 Å². The van der Waals surface area contributed by atoms with Gasteiger partial charge < -0.3 is 16.0 Å². The summed E-state index contributed by atoms with van der Waals surface area (Å²) in [4.78, 5) is 22.6. The molecule has 0 saturated carbocycles. The van der Waals surface area contributed by atoms with Gasteiger partial charge in [0, 0.05) is 13.0 Å². The van der Waals surface area contributed by atoms with Crippen molar-refractivity contribution in [1.82, 2.24) is 16.0 Å². The molecule has 0 aliphatic carbocycles. The smallest absolute Gasteiger partial charge is 0.242 e. The lowest BCUT2D eigenvalue weighted by molar-refractivity contribution is -0.128. The van der Waals surface area contributed by atoms with E-state index in [2.05, 4.69) is 16.0 Å². The molecule has 15 heavy (non-hydrogen) atoms. The summed E-state index contributed by atoms with van der Waals surface area (Å²) in [5.74, 6) is -0.219. The van der Waals surface area contributed by atoms with E-state index in [1.807, 2.05) is 14.0 Å². The largest absolute Gasteiger partial charge is 0.355 e. The summed E-state index contributed by atoms with van der Waals surface area (Å²) in [5, 5.41) is 8.26. The average molecular weight is 215 g/mol. The topological polar surface area (TPSA) is 70.2 Å². The molecule has 1 atom stereocenters. The lowest BCUT2D eigenvalue weighted by Crippen LogP contribution is -2.44. The molecule has 0 aromatic heterocycles. The molecule has 0 fully saturated rings. The number of carbonyl (C=O) groups excluding carboxylic acids is 2. The first-order valence-corrected chi connectivity index (χ1v) is 5.33. The van der Waals surface area contributed by atoms with Gasteiger partial charge in [-0.1, -0.05) is 0 Å². The highest BCUT2D eigenvalue weighted by Crippen LogP contribution is 1.89. The van der Waals surface area contributed by atoms with Crippen molar-refractivity contribution in [3.05, 3.63) is 0 Å². The molecule has 0 bridgehead atoms. The molecule has 0 heterocycles. The number of amides is 2. The predicted octanol–water partition coefficient (Wildman–Crippen LogP) is -0.373. The summed E-state index contributed by atoms with van der Waals surface area (Å²) in [6.07, 6.45) is 1.23. The van der Waals surface area contributed by atoms with Gasteiger partial charge in [0.1, 0.15) is 6.04 Å². The van der Waals surface area contributed by atoms with Gasteiger partial charge in [-0.3, -0.25) is 9.59 Å². The van der Waals surface area contributed by atoms with Crippen molar-refractivity contribution in [3.63, 3.8) is 0 Å². The van der Waals surface area contributed by atoms with E-state index in [0.717, 1.165) is 13.0 Å². The Balaban J connectivity index is 3.70. The van der Waals surface area contributed by atoms with Crippen molar-refractivity contribution in [2.75, 3.05) is 20.1 Å². The van der Waals surface area contributed by atoms with E-state index in [-0.39, 0.29) is 11.8 Å². The first-order valence-electron chi connectivity index (χ1n) is 5.33. The van der Waals surface area contributed by atoms with Crippen LogP contribution in [0.2, 0.25) is 0 Å². The fourth-order valence-electron chi connectivity index (χ4n) is 1.13. The van der Waals surface area contributed by atoms with E-state index in [1.54, 1.807) is 6.92 Å². The summed E-state index contributed by atoms with van der Waals surface area (Å²) in [6, 6.07) is -0.452. The van der Waals surface area contributed by atoms with Gasteiger partial charge in [-0.25, -0.2) is 0 Å². The molecule has 0 radical (unpaired) electrons. The van der Waals surface area contributed by atoms with Gasteiger partial charge in [-0.2, -0.15) is 0 Å². The van der Waals surface area contributed by atoms with Crippen LogP contribution in [0.3, 0.4) is 0 Å². The minimum atomic E-state index is -0.452. The third-order valence-corrected chi connectivity index (χ3v) is 1.95. The normalized spacial score (nSPS) is 11.9. The standard InChI is InChI=1S/C10H21N3O2/c1-4-12-10(15)8(2)13-9(14)6-5-7-11-3/h8,11H,4-7H2,1-3H3,(H,12,15)(H,13,14). The Bertz CT molecular complexity index is 207. The number of nitrogens with one attached hydrogen (secondary N) is 3. The molecule has 0 rings (SSSR count). The molecule has 0 aromatic rings. The highest BCUT2D eigenvalue weighted by Gasteiger charge is 2.13. The maximum Gasteiger partial charge on any atom is 0.242 e. The number of likely N-dealkylation sites (N-methyl/N-ethyl adjacent to an activating group) is 1. The van der Waals surface area contributed by atoms with Gasteiger partial charge >= 0.3 is 0 Å². The fraction of sp³-hybridized carbons (Fsp3) is 0.800. The first-order chi connectivity index (χ1) is 7.11. The van der Waals surface area contributed by atoms with Crippen molar-refractivity contribution >= 4 is 11.8 Å². The Kier molecular flexibility index (Phi) is 7.62. The molecule has 2 amide bonds. The number of carbonyl (C=O) groups is 2. The van der Waals surface area contributed by atoms with Crippen LogP contribution in [0.1, 0.15) is 26.7 Å². The van der Waals surface area contributed by atoms with Crippen LogP contribution < -0.4 is 16.0 Å². The Morgan fingerprint density at radius 1 is 1.33 bits per heavy atom. The lowest BCUT2D eigenvalue weighted by atomic mass is 10.2. The SMILES string of the molecule is CCNC(=O)C(C)NC(=O)CCCNC. The van der Waals surface area contributed by atoms with Crippen molar-refractivity contribution in [2.45, 2.75) is 32.7 Å². The van der Waals surface area contributed by atoms with Crippen LogP contribution in [0.5, 0.6) is 0 Å². The number of hydrogen-bond acceptors (Lipinski definition) is 3. The molecule has 3 N–H and O–H groups in total. The zero-order chi connectivity index (χ0) is 11.7. The first kappa shape index (κ1) is 13.9. The lowest BCUT2D eigenvalue weighted by Gasteiger charge is -2.13. The van der Waals surface area contributed by atoms with E-state index in [1.165, 1.54) is 0 Å². The molecular formula is C10H21N3O2. The van der Waals surface area contributed by atoms with Crippen LogP contribution in [0.25, 0.3) is 0 Å². The molecule has 0 saturated heterocycles. The Labute approximate surface area is 91.0 Å². The van der Waals surface area contributed by atoms with E-state index in [9.17, 15) is 9.59 Å². The minimum Gasteiger partial charge on any atom is -0.355 e. The van der Waals surface area contributed by atoms with E-state index in [4.69, 9.17) is 0 Å². The summed E-state index contributed by atoms with van der Waals surface area (Å²) >= 11 is 0. The molecule has 0 aliphatic rings. The zero-order valence-electron chi connectivity index (χ0n) is 9.72. The van der Waals surface area contributed by atoms with Crippen LogP contribution in [0, 0.1) is 0 Å². The Hall–Kier alpha value is -1.10. The molecule has 5 heteroatoms. The Morgan fingerprint density at radius 3 is 2.53 bits per heavy atom. The van der Waals surface area contributed by atoms with Gasteiger partial charge in [-0.15, -0.1) is 0 Å². The summed E-state index contributed by atoms with van der Waals surface area (Å²) in [7, 11) is 1.84. The predicted molar refractivity (Wildman–Crippen MR) is 59.4 cm³/mol. The van der Waals surface area contributed by atoms with Crippen molar-refractivity contribution < 1.29 is 9.59 Å². The van der Waals surface area contributed by atoms with E-state index >= 15 is 0 Å². The van der Waals surface area contributed by atoms with Gasteiger partial charge in [0.2, 0.25) is 11.8 Å². The maximum atomic E-state index is 11.3. The Morgan fingerprint density at radius 2 is 2.00 bits per heavy atom. The second kappa shape index (κ2) is 8.23. The average Bonchev–Trinajstić information content (AvgIpc) is 2.18. The van der Waals surface area contributed by atoms with Gasteiger partial charge in [0.25, 0.3) is 0 Å². The van der Waals surface area contributed by atoms with Crippen LogP contribution in [0.4, 0.5) is 0 Å². The molecule has 88 valence electrons. The van der Waals surface area contributed by atoms with E-state index < -0.39 is 6.04 Å². The van der Waals surface area contributed by atoms with Crippen LogP contribution in [-0.2, 0) is 9.59 Å². The minimum absolute atomic E-state index is 0.0796. The molecule has 0 aromatic carbocycles. The second-order valence-corrected chi connectivity index (χ2v) is 3.39. The quantitative estimate of drug-likeness (QED) is 0.507. The highest BCUT2D eigenvalue weighted by atomic mass is 16.2. The molecule has 5 nitrogen and oxygen atoms in total. The van der Waals surface area contributed by atoms with Crippen LogP contribution in [-0.4, -0.2) is 38.0 Å².